The van der Waals surface area contributed by atoms with E-state index in [1.807, 2.05) is 35.2 Å². The Kier molecular flexibility index (Phi) is 3.78. The fraction of sp³-hybridized carbons (Fsp3) is 0.333. The lowest BCUT2D eigenvalue weighted by Crippen LogP contribution is -2.48. The van der Waals surface area contributed by atoms with E-state index >= 15 is 0 Å². The average molecular weight is 270 g/mol. The summed E-state index contributed by atoms with van der Waals surface area (Å²) < 4.78 is 0. The number of piperazine rings is 1. The van der Waals surface area contributed by atoms with Crippen LogP contribution in [0.3, 0.4) is 0 Å². The number of amides is 1. The summed E-state index contributed by atoms with van der Waals surface area (Å²) in [6, 6.07) is 9.82. The lowest BCUT2D eigenvalue weighted by molar-refractivity contribution is -0.132. The molecule has 2 N–H and O–H groups in total. The normalized spacial score (nSPS) is 16.9. The van der Waals surface area contributed by atoms with Gasteiger partial charge in [-0.2, -0.15) is 0 Å². The monoisotopic (exact) mass is 270 g/mol. The smallest absolute Gasteiger partial charge is 0.237 e. The van der Waals surface area contributed by atoms with E-state index in [9.17, 15) is 4.79 Å². The Morgan fingerprint density at radius 3 is 2.60 bits per heavy atom. The maximum absolute atomic E-state index is 12.8. The van der Waals surface area contributed by atoms with E-state index in [0.29, 0.717) is 5.82 Å². The van der Waals surface area contributed by atoms with Gasteiger partial charge in [0.2, 0.25) is 5.91 Å². The van der Waals surface area contributed by atoms with Crippen molar-refractivity contribution in [1.29, 1.82) is 0 Å². The van der Waals surface area contributed by atoms with Crippen LogP contribution in [0, 0.1) is 0 Å². The van der Waals surface area contributed by atoms with Crippen molar-refractivity contribution >= 4 is 5.91 Å². The van der Waals surface area contributed by atoms with Crippen LogP contribution in [0.4, 0.5) is 0 Å². The van der Waals surface area contributed by atoms with Crippen LogP contribution in [0.1, 0.15) is 17.3 Å². The summed E-state index contributed by atoms with van der Waals surface area (Å²) in [7, 11) is 0. The first-order chi connectivity index (χ1) is 9.86. The van der Waals surface area contributed by atoms with Crippen molar-refractivity contribution < 1.29 is 4.79 Å². The van der Waals surface area contributed by atoms with E-state index < -0.39 is 0 Å². The van der Waals surface area contributed by atoms with Gasteiger partial charge in [-0.3, -0.25) is 4.79 Å². The van der Waals surface area contributed by atoms with Crippen LogP contribution in [-0.4, -0.2) is 47.0 Å². The number of carbonyl (C=O) groups excluding carboxylic acids is 1. The molecule has 0 bridgehead atoms. The van der Waals surface area contributed by atoms with Crippen molar-refractivity contribution in [2.24, 2.45) is 0 Å². The molecular weight excluding hydrogens is 252 g/mol. The number of aromatic nitrogens is 2. The molecule has 1 aromatic heterocycles. The lowest BCUT2D eigenvalue weighted by atomic mass is 9.96. The van der Waals surface area contributed by atoms with Crippen LogP contribution in [0.15, 0.2) is 42.7 Å². The topological polar surface area (TPSA) is 61.0 Å². The van der Waals surface area contributed by atoms with E-state index in [4.69, 9.17) is 0 Å². The standard InChI is InChI=1S/C15H18N4O/c20-15(19-10-8-16-9-11-19)13(14-17-6-7-18-14)12-4-2-1-3-5-12/h1-7,13,16H,8-11H2,(H,17,18). The van der Waals surface area contributed by atoms with Gasteiger partial charge in [-0.25, -0.2) is 4.98 Å². The molecule has 1 unspecified atom stereocenters. The number of imidazole rings is 1. The van der Waals surface area contributed by atoms with Crippen LogP contribution in [0.25, 0.3) is 0 Å². The lowest BCUT2D eigenvalue weighted by Gasteiger charge is -2.30. The van der Waals surface area contributed by atoms with Gasteiger partial charge in [0, 0.05) is 38.6 Å². The SMILES string of the molecule is O=C(C(c1ccccc1)c1ncc[nH]1)N1CCNCC1. The van der Waals surface area contributed by atoms with E-state index in [-0.39, 0.29) is 11.8 Å². The Bertz CT molecular complexity index is 547. The van der Waals surface area contributed by atoms with Crippen molar-refractivity contribution in [3.63, 3.8) is 0 Å². The largest absolute Gasteiger partial charge is 0.348 e. The predicted octanol–water partition coefficient (Wildman–Crippen LogP) is 0.973. The molecule has 1 aromatic carbocycles. The third-order valence-corrected chi connectivity index (χ3v) is 3.60. The van der Waals surface area contributed by atoms with Crippen molar-refractivity contribution in [3.05, 3.63) is 54.1 Å². The van der Waals surface area contributed by atoms with Gasteiger partial charge in [0.05, 0.1) is 0 Å². The number of aromatic amines is 1. The highest BCUT2D eigenvalue weighted by Gasteiger charge is 2.29. The van der Waals surface area contributed by atoms with Gasteiger partial charge in [0.1, 0.15) is 11.7 Å². The van der Waals surface area contributed by atoms with Gasteiger partial charge in [-0.1, -0.05) is 30.3 Å². The van der Waals surface area contributed by atoms with Crippen LogP contribution in [-0.2, 0) is 4.79 Å². The third kappa shape index (κ3) is 2.58. The minimum atomic E-state index is -0.343. The Balaban J connectivity index is 1.91. The maximum Gasteiger partial charge on any atom is 0.237 e. The molecule has 0 aliphatic carbocycles. The van der Waals surface area contributed by atoms with Crippen LogP contribution in [0.5, 0.6) is 0 Å². The zero-order chi connectivity index (χ0) is 13.8. The molecule has 3 rings (SSSR count). The number of nitrogens with zero attached hydrogens (tertiary/aromatic N) is 2. The predicted molar refractivity (Wildman–Crippen MR) is 76.3 cm³/mol. The van der Waals surface area contributed by atoms with Crippen molar-refractivity contribution in [3.8, 4) is 0 Å². The average Bonchev–Trinajstić information content (AvgIpc) is 3.03. The zero-order valence-electron chi connectivity index (χ0n) is 11.2. The van der Waals surface area contributed by atoms with E-state index in [2.05, 4.69) is 15.3 Å². The first-order valence-electron chi connectivity index (χ1n) is 6.90. The molecule has 104 valence electrons. The minimum absolute atomic E-state index is 0.118. The molecule has 1 aliphatic rings. The summed E-state index contributed by atoms with van der Waals surface area (Å²) in [5.41, 5.74) is 0.978. The maximum atomic E-state index is 12.8. The Morgan fingerprint density at radius 2 is 1.95 bits per heavy atom. The van der Waals surface area contributed by atoms with Crippen LogP contribution >= 0.6 is 0 Å². The summed E-state index contributed by atoms with van der Waals surface area (Å²) in [6.45, 7) is 3.21. The van der Waals surface area contributed by atoms with Crippen LogP contribution in [0.2, 0.25) is 0 Å². The molecule has 2 aromatic rings. The Hall–Kier alpha value is -2.14. The van der Waals surface area contributed by atoms with Crippen molar-refractivity contribution in [2.75, 3.05) is 26.2 Å². The molecule has 1 saturated heterocycles. The van der Waals surface area contributed by atoms with Crippen molar-refractivity contribution in [1.82, 2.24) is 20.2 Å². The number of nitrogens with one attached hydrogen (secondary N) is 2. The number of carbonyl (C=O) groups is 1. The zero-order valence-corrected chi connectivity index (χ0v) is 11.2. The number of hydrogen-bond acceptors (Lipinski definition) is 3. The summed E-state index contributed by atoms with van der Waals surface area (Å²) in [5, 5.41) is 3.27. The number of hydrogen-bond donors (Lipinski definition) is 2. The molecule has 20 heavy (non-hydrogen) atoms. The molecule has 5 heteroatoms. The van der Waals surface area contributed by atoms with Gasteiger partial charge >= 0.3 is 0 Å². The fourth-order valence-electron chi connectivity index (χ4n) is 2.57. The van der Waals surface area contributed by atoms with E-state index in [1.165, 1.54) is 0 Å². The number of benzene rings is 1. The Labute approximate surface area is 118 Å². The number of rotatable bonds is 3. The molecule has 5 nitrogen and oxygen atoms in total. The summed E-state index contributed by atoms with van der Waals surface area (Å²) in [5.74, 6) is 0.483. The second kappa shape index (κ2) is 5.88. The van der Waals surface area contributed by atoms with Crippen molar-refractivity contribution in [2.45, 2.75) is 5.92 Å². The summed E-state index contributed by atoms with van der Waals surface area (Å²) >= 11 is 0. The molecule has 2 heterocycles. The molecular formula is C15H18N4O. The quantitative estimate of drug-likeness (QED) is 0.874. The molecule has 1 aliphatic heterocycles. The van der Waals surface area contributed by atoms with Crippen LogP contribution < -0.4 is 5.32 Å². The highest BCUT2D eigenvalue weighted by molar-refractivity contribution is 5.86. The van der Waals surface area contributed by atoms with E-state index in [0.717, 1.165) is 31.7 Å². The molecule has 0 radical (unpaired) electrons. The molecule has 1 fully saturated rings. The third-order valence-electron chi connectivity index (χ3n) is 3.60. The highest BCUT2D eigenvalue weighted by Crippen LogP contribution is 2.24. The fourth-order valence-corrected chi connectivity index (χ4v) is 2.57. The Morgan fingerprint density at radius 1 is 1.20 bits per heavy atom. The van der Waals surface area contributed by atoms with E-state index in [1.54, 1.807) is 12.4 Å². The van der Waals surface area contributed by atoms with Gasteiger partial charge < -0.3 is 15.2 Å². The van der Waals surface area contributed by atoms with Gasteiger partial charge in [0.25, 0.3) is 0 Å². The van der Waals surface area contributed by atoms with Gasteiger partial charge in [-0.15, -0.1) is 0 Å². The molecule has 0 spiro atoms. The summed E-state index contributed by atoms with van der Waals surface area (Å²) in [4.78, 5) is 22.1. The van der Waals surface area contributed by atoms with Gasteiger partial charge in [0.15, 0.2) is 0 Å². The number of H-pyrrole nitrogens is 1. The molecule has 0 saturated carbocycles. The second-order valence-electron chi connectivity index (χ2n) is 4.89. The summed E-state index contributed by atoms with van der Waals surface area (Å²) in [6.07, 6.45) is 3.45. The first-order valence-corrected chi connectivity index (χ1v) is 6.90. The molecule has 1 atom stereocenters. The molecule has 1 amide bonds. The first kappa shape index (κ1) is 12.9. The second-order valence-corrected chi connectivity index (χ2v) is 4.89. The highest BCUT2D eigenvalue weighted by atomic mass is 16.2. The van der Waals surface area contributed by atoms with Gasteiger partial charge in [-0.05, 0) is 5.56 Å². The minimum Gasteiger partial charge on any atom is -0.348 e.